The molecule has 190 valence electrons. The first-order valence-corrected chi connectivity index (χ1v) is 11.7. The molecule has 1 aromatic heterocycles. The molecule has 2 N–H and O–H groups in total. The summed E-state index contributed by atoms with van der Waals surface area (Å²) in [6.07, 6.45) is -3.88. The Balaban J connectivity index is 1.46. The first kappa shape index (κ1) is 24.3. The van der Waals surface area contributed by atoms with Crippen molar-refractivity contribution in [2.75, 3.05) is 6.61 Å². The molecule has 0 saturated carbocycles. The minimum atomic E-state index is -1.18. The fraction of sp³-hybridized carbons (Fsp3) is 0.385. The second-order valence-corrected chi connectivity index (χ2v) is 8.76. The average Bonchev–Trinajstić information content (AvgIpc) is 3.40. The van der Waals surface area contributed by atoms with Gasteiger partial charge in [-0.25, -0.2) is 4.79 Å². The van der Waals surface area contributed by atoms with E-state index in [2.05, 4.69) is 5.32 Å². The molecule has 5 rings (SSSR count). The smallest absolute Gasteiger partial charge is 0.332 e. The molecule has 3 heterocycles. The number of hydrogen-bond donors (Lipinski definition) is 2. The molecule has 0 spiro atoms. The molecule has 2 aliphatic rings. The van der Waals surface area contributed by atoms with E-state index in [-0.39, 0.29) is 12.5 Å². The molecule has 2 aromatic carbocycles. The van der Waals surface area contributed by atoms with E-state index in [1.165, 1.54) is 20.1 Å². The molecule has 36 heavy (non-hydrogen) atoms. The Morgan fingerprint density at radius 1 is 1.08 bits per heavy atom. The summed E-state index contributed by atoms with van der Waals surface area (Å²) in [5, 5.41) is 14.4. The van der Waals surface area contributed by atoms with Crippen molar-refractivity contribution in [1.29, 1.82) is 0 Å². The van der Waals surface area contributed by atoms with Gasteiger partial charge in [0.1, 0.15) is 30.1 Å². The fourth-order valence-electron chi connectivity index (χ4n) is 4.46. The Kier molecular flexibility index (Phi) is 6.92. The first-order valence-electron chi connectivity index (χ1n) is 11.7. The fourth-order valence-corrected chi connectivity index (χ4v) is 4.46. The van der Waals surface area contributed by atoms with Crippen LogP contribution < -0.4 is 10.1 Å². The average molecular weight is 498 g/mol. The van der Waals surface area contributed by atoms with Gasteiger partial charge in [0, 0.05) is 6.92 Å². The number of nitrogens with one attached hydrogen (secondary N) is 1. The van der Waals surface area contributed by atoms with E-state index in [1.54, 1.807) is 18.2 Å². The second kappa shape index (κ2) is 10.3. The minimum Gasteiger partial charge on any atom is -0.479 e. The summed E-state index contributed by atoms with van der Waals surface area (Å²) in [6, 6.07) is 16.0. The predicted octanol–water partition coefficient (Wildman–Crippen LogP) is 3.01. The largest absolute Gasteiger partial charge is 0.479 e. The van der Waals surface area contributed by atoms with E-state index in [0.29, 0.717) is 11.5 Å². The number of rotatable bonds is 7. The number of fused-ring (bicyclic) bond motifs is 2. The quantitative estimate of drug-likeness (QED) is 0.507. The summed E-state index contributed by atoms with van der Waals surface area (Å²) in [6.45, 7) is 2.88. The molecule has 10 heteroatoms. The number of furan rings is 1. The number of aliphatic carboxylic acids is 1. The number of benzene rings is 2. The van der Waals surface area contributed by atoms with Crippen LogP contribution in [-0.2, 0) is 28.5 Å². The van der Waals surface area contributed by atoms with Crippen LogP contribution in [0.25, 0.3) is 10.8 Å². The lowest BCUT2D eigenvalue weighted by molar-refractivity contribution is -0.343. The zero-order valence-corrected chi connectivity index (χ0v) is 19.7. The highest BCUT2D eigenvalue weighted by molar-refractivity contribution is 5.83. The van der Waals surface area contributed by atoms with Gasteiger partial charge in [-0.05, 0) is 42.0 Å². The highest BCUT2D eigenvalue weighted by atomic mass is 16.8. The Hall–Kier alpha value is -3.44. The monoisotopic (exact) mass is 497 g/mol. The minimum absolute atomic E-state index is 0.113. The van der Waals surface area contributed by atoms with Gasteiger partial charge in [-0.15, -0.1) is 0 Å². The molecule has 2 aliphatic heterocycles. The van der Waals surface area contributed by atoms with E-state index in [9.17, 15) is 14.7 Å². The maximum absolute atomic E-state index is 12.2. The van der Waals surface area contributed by atoms with E-state index in [4.69, 9.17) is 28.1 Å². The molecule has 2 fully saturated rings. The number of carboxylic acid groups (broad SMARTS) is 1. The van der Waals surface area contributed by atoms with Gasteiger partial charge in [-0.3, -0.25) is 4.79 Å². The third-order valence-corrected chi connectivity index (χ3v) is 6.17. The lowest BCUT2D eigenvalue weighted by Gasteiger charge is -2.49. The molecule has 2 saturated heterocycles. The van der Waals surface area contributed by atoms with Gasteiger partial charge in [0.2, 0.25) is 18.5 Å². The first-order chi connectivity index (χ1) is 17.4. The Labute approximate surface area is 207 Å². The molecule has 3 aromatic rings. The SMILES string of the molecule is CC(=O)NC1C(Oc2ccc3ccccc3c2)OC2COC(c3ccco3)OC2C1OC(C)C(=O)O. The molecular weight excluding hydrogens is 470 g/mol. The third kappa shape index (κ3) is 5.07. The van der Waals surface area contributed by atoms with Crippen LogP contribution in [0, 0.1) is 0 Å². The highest BCUT2D eigenvalue weighted by Gasteiger charge is 2.53. The van der Waals surface area contributed by atoms with Crippen molar-refractivity contribution in [2.24, 2.45) is 0 Å². The van der Waals surface area contributed by atoms with Crippen LogP contribution in [-0.4, -0.2) is 60.3 Å². The zero-order valence-electron chi connectivity index (χ0n) is 19.7. The molecule has 10 nitrogen and oxygen atoms in total. The highest BCUT2D eigenvalue weighted by Crippen LogP contribution is 2.37. The topological polar surface area (TPSA) is 126 Å². The summed E-state index contributed by atoms with van der Waals surface area (Å²) in [7, 11) is 0. The van der Waals surface area contributed by atoms with E-state index in [1.807, 2.05) is 36.4 Å². The van der Waals surface area contributed by atoms with E-state index < -0.39 is 49.0 Å². The molecule has 7 atom stereocenters. The summed E-state index contributed by atoms with van der Waals surface area (Å²) in [4.78, 5) is 23.8. The number of carbonyl (C=O) groups is 2. The Morgan fingerprint density at radius 2 is 1.89 bits per heavy atom. The number of carbonyl (C=O) groups excluding carboxylic acids is 1. The van der Waals surface area contributed by atoms with Gasteiger partial charge < -0.3 is 38.5 Å². The van der Waals surface area contributed by atoms with Crippen LogP contribution in [0.2, 0.25) is 0 Å². The summed E-state index contributed by atoms with van der Waals surface area (Å²) in [5.74, 6) is -0.547. The van der Waals surface area contributed by atoms with Gasteiger partial charge in [-0.2, -0.15) is 0 Å². The van der Waals surface area contributed by atoms with Gasteiger partial charge in [0.15, 0.2) is 11.9 Å². The van der Waals surface area contributed by atoms with Crippen LogP contribution in [0.1, 0.15) is 25.9 Å². The standard InChI is InChI=1S/C26H27NO9/c1-14(24(29)30)33-23-21(27-15(2)28)26(34-18-10-9-16-6-3-4-7-17(16)12-18)35-20-13-32-25(36-22(20)23)19-8-5-11-31-19/h3-12,14,20-23,25-26H,13H2,1-2H3,(H,27,28)(H,29,30). The van der Waals surface area contributed by atoms with Gasteiger partial charge in [-0.1, -0.05) is 30.3 Å². The van der Waals surface area contributed by atoms with Crippen LogP contribution >= 0.6 is 0 Å². The van der Waals surface area contributed by atoms with Gasteiger partial charge in [0.25, 0.3) is 0 Å². The Bertz CT molecular complexity index is 1210. The van der Waals surface area contributed by atoms with Crippen molar-refractivity contribution >= 4 is 22.6 Å². The maximum Gasteiger partial charge on any atom is 0.332 e. The van der Waals surface area contributed by atoms with Crippen LogP contribution in [0.4, 0.5) is 0 Å². The number of ether oxygens (including phenoxy) is 5. The van der Waals surface area contributed by atoms with Crippen molar-refractivity contribution in [2.45, 2.75) is 56.9 Å². The van der Waals surface area contributed by atoms with Crippen molar-refractivity contribution < 1.29 is 42.8 Å². The summed E-state index contributed by atoms with van der Waals surface area (Å²) < 4.78 is 35.7. The van der Waals surface area contributed by atoms with Crippen LogP contribution in [0.15, 0.2) is 65.3 Å². The van der Waals surface area contributed by atoms with Crippen LogP contribution in [0.3, 0.4) is 0 Å². The molecule has 0 bridgehead atoms. The maximum atomic E-state index is 12.2. The normalized spacial score (nSPS) is 28.7. The third-order valence-electron chi connectivity index (χ3n) is 6.17. The molecule has 7 unspecified atom stereocenters. The molecular formula is C26H27NO9. The zero-order chi connectivity index (χ0) is 25.2. The number of hydrogen-bond acceptors (Lipinski definition) is 8. The van der Waals surface area contributed by atoms with Crippen molar-refractivity contribution in [3.8, 4) is 5.75 Å². The second-order valence-electron chi connectivity index (χ2n) is 8.76. The molecule has 0 radical (unpaired) electrons. The van der Waals surface area contributed by atoms with E-state index in [0.717, 1.165) is 10.8 Å². The van der Waals surface area contributed by atoms with Gasteiger partial charge in [0.05, 0.1) is 12.9 Å². The van der Waals surface area contributed by atoms with Crippen molar-refractivity contribution in [1.82, 2.24) is 5.32 Å². The molecule has 1 amide bonds. The Morgan fingerprint density at radius 3 is 2.61 bits per heavy atom. The lowest BCUT2D eigenvalue weighted by Crippen LogP contribution is -2.68. The van der Waals surface area contributed by atoms with Gasteiger partial charge >= 0.3 is 5.97 Å². The van der Waals surface area contributed by atoms with Crippen molar-refractivity contribution in [3.05, 3.63) is 66.6 Å². The molecule has 0 aliphatic carbocycles. The number of carboxylic acids is 1. The van der Waals surface area contributed by atoms with Crippen LogP contribution in [0.5, 0.6) is 5.75 Å². The summed E-state index contributed by atoms with van der Waals surface area (Å²) >= 11 is 0. The van der Waals surface area contributed by atoms with E-state index >= 15 is 0 Å². The lowest BCUT2D eigenvalue weighted by atomic mass is 9.95. The number of amides is 1. The predicted molar refractivity (Wildman–Crippen MR) is 125 cm³/mol. The van der Waals surface area contributed by atoms with Crippen molar-refractivity contribution in [3.63, 3.8) is 0 Å². The summed E-state index contributed by atoms with van der Waals surface area (Å²) in [5.41, 5.74) is 0.